The normalized spacial score (nSPS) is 9.90. The smallest absolute Gasteiger partial charge is 0.251 e. The molecule has 1 rings (SSSR count). The maximum atomic E-state index is 11.6. The summed E-state index contributed by atoms with van der Waals surface area (Å²) in [5, 5.41) is 8.31. The van der Waals surface area contributed by atoms with Gasteiger partial charge in [-0.3, -0.25) is 9.59 Å². The lowest BCUT2D eigenvalue weighted by Gasteiger charge is -2.08. The molecule has 0 fully saturated rings. The van der Waals surface area contributed by atoms with E-state index in [4.69, 9.17) is 4.74 Å². The lowest BCUT2D eigenvalue weighted by atomic mass is 10.2. The van der Waals surface area contributed by atoms with Gasteiger partial charge in [0.1, 0.15) is 0 Å². The maximum Gasteiger partial charge on any atom is 0.251 e. The van der Waals surface area contributed by atoms with Gasteiger partial charge in [0, 0.05) is 38.6 Å². The first-order valence-electron chi connectivity index (χ1n) is 6.49. The number of hydrogen-bond donors (Lipinski definition) is 3. The van der Waals surface area contributed by atoms with Crippen molar-refractivity contribution in [1.29, 1.82) is 0 Å². The van der Waals surface area contributed by atoms with Crippen LogP contribution in [0.5, 0.6) is 0 Å². The first-order valence-corrected chi connectivity index (χ1v) is 6.49. The summed E-state index contributed by atoms with van der Waals surface area (Å²) < 4.78 is 4.89. The molecule has 0 radical (unpaired) electrons. The second-order valence-corrected chi connectivity index (χ2v) is 4.21. The minimum Gasteiger partial charge on any atom is -0.385 e. The van der Waals surface area contributed by atoms with Gasteiger partial charge in [0.15, 0.2) is 0 Å². The number of benzene rings is 1. The molecule has 6 heteroatoms. The number of carbonyl (C=O) groups excluding carboxylic acids is 2. The molecule has 0 aliphatic rings. The number of ether oxygens (including phenoxy) is 1. The fourth-order valence-corrected chi connectivity index (χ4v) is 1.60. The van der Waals surface area contributed by atoms with Gasteiger partial charge in [-0.05, 0) is 24.6 Å². The van der Waals surface area contributed by atoms with E-state index in [1.54, 1.807) is 32.4 Å². The molecule has 0 unspecified atom stereocenters. The Morgan fingerprint density at radius 1 is 1.30 bits per heavy atom. The summed E-state index contributed by atoms with van der Waals surface area (Å²) in [5.74, 6) is -0.246. The highest BCUT2D eigenvalue weighted by molar-refractivity contribution is 5.95. The highest BCUT2D eigenvalue weighted by Gasteiger charge is 2.04. The summed E-state index contributed by atoms with van der Waals surface area (Å²) in [5.41, 5.74) is 1.29. The molecule has 2 amide bonds. The Morgan fingerprint density at radius 3 is 2.80 bits per heavy atom. The van der Waals surface area contributed by atoms with Gasteiger partial charge in [0.05, 0.1) is 6.54 Å². The molecule has 1 aromatic carbocycles. The molecule has 0 saturated carbocycles. The van der Waals surface area contributed by atoms with Crippen LogP contribution < -0.4 is 16.0 Å². The third-order valence-corrected chi connectivity index (χ3v) is 2.65. The predicted molar refractivity (Wildman–Crippen MR) is 77.8 cm³/mol. The van der Waals surface area contributed by atoms with E-state index in [1.807, 2.05) is 6.07 Å². The van der Waals surface area contributed by atoms with Crippen molar-refractivity contribution in [2.75, 3.05) is 39.2 Å². The highest BCUT2D eigenvalue weighted by Crippen LogP contribution is 2.09. The van der Waals surface area contributed by atoms with Crippen LogP contribution in [0.25, 0.3) is 0 Å². The number of carbonyl (C=O) groups is 2. The summed E-state index contributed by atoms with van der Waals surface area (Å²) in [6, 6.07) is 7.00. The van der Waals surface area contributed by atoms with E-state index in [9.17, 15) is 9.59 Å². The van der Waals surface area contributed by atoms with E-state index in [-0.39, 0.29) is 18.4 Å². The predicted octanol–water partition coefficient (Wildman–Crippen LogP) is 0.611. The van der Waals surface area contributed by atoms with Crippen molar-refractivity contribution in [1.82, 2.24) is 10.6 Å². The molecule has 0 aliphatic carbocycles. The monoisotopic (exact) mass is 279 g/mol. The molecular formula is C14H21N3O3. The number of hydrogen-bond acceptors (Lipinski definition) is 4. The standard InChI is InChI=1S/C14H21N3O3/c1-15-14(19)11-5-3-6-12(9-11)17-10-13(18)16-7-4-8-20-2/h3,5-6,9,17H,4,7-8,10H2,1-2H3,(H,15,19)(H,16,18). The highest BCUT2D eigenvalue weighted by atomic mass is 16.5. The van der Waals surface area contributed by atoms with E-state index < -0.39 is 0 Å². The van der Waals surface area contributed by atoms with Gasteiger partial charge < -0.3 is 20.7 Å². The van der Waals surface area contributed by atoms with Crippen LogP contribution in [-0.4, -0.2) is 45.7 Å². The van der Waals surface area contributed by atoms with Crippen molar-refractivity contribution in [2.24, 2.45) is 0 Å². The molecule has 3 N–H and O–H groups in total. The zero-order valence-electron chi connectivity index (χ0n) is 11.9. The zero-order valence-corrected chi connectivity index (χ0v) is 11.9. The van der Waals surface area contributed by atoms with Crippen molar-refractivity contribution >= 4 is 17.5 Å². The Hall–Kier alpha value is -2.08. The maximum absolute atomic E-state index is 11.6. The molecule has 0 aromatic heterocycles. The van der Waals surface area contributed by atoms with Gasteiger partial charge in [-0.25, -0.2) is 0 Å². The molecular weight excluding hydrogens is 258 g/mol. The van der Waals surface area contributed by atoms with Gasteiger partial charge in [-0.1, -0.05) is 6.07 Å². The molecule has 6 nitrogen and oxygen atoms in total. The Balaban J connectivity index is 2.37. The third-order valence-electron chi connectivity index (χ3n) is 2.65. The lowest BCUT2D eigenvalue weighted by molar-refractivity contribution is -0.119. The fourth-order valence-electron chi connectivity index (χ4n) is 1.60. The van der Waals surface area contributed by atoms with Gasteiger partial charge in [0.25, 0.3) is 5.91 Å². The summed E-state index contributed by atoms with van der Waals surface area (Å²) in [6.45, 7) is 1.39. The van der Waals surface area contributed by atoms with E-state index in [2.05, 4.69) is 16.0 Å². The number of nitrogens with one attached hydrogen (secondary N) is 3. The minimum absolute atomic E-state index is 0.0913. The van der Waals surface area contributed by atoms with Crippen LogP contribution in [0, 0.1) is 0 Å². The molecule has 110 valence electrons. The topological polar surface area (TPSA) is 79.5 Å². The Labute approximate surface area is 118 Å². The van der Waals surface area contributed by atoms with Crippen molar-refractivity contribution in [3.8, 4) is 0 Å². The van der Waals surface area contributed by atoms with E-state index in [0.717, 1.165) is 12.1 Å². The van der Waals surface area contributed by atoms with Crippen molar-refractivity contribution < 1.29 is 14.3 Å². The van der Waals surface area contributed by atoms with Crippen LogP contribution in [0.1, 0.15) is 16.8 Å². The number of rotatable bonds is 8. The molecule has 1 aromatic rings. The molecule has 0 heterocycles. The molecule has 0 aliphatic heterocycles. The van der Waals surface area contributed by atoms with Crippen molar-refractivity contribution in [2.45, 2.75) is 6.42 Å². The molecule has 0 atom stereocenters. The molecule has 20 heavy (non-hydrogen) atoms. The Bertz CT molecular complexity index is 449. The number of anilines is 1. The quantitative estimate of drug-likeness (QED) is 0.609. The molecule has 0 bridgehead atoms. The molecule has 0 spiro atoms. The van der Waals surface area contributed by atoms with Crippen molar-refractivity contribution in [3.05, 3.63) is 29.8 Å². The number of methoxy groups -OCH3 is 1. The third kappa shape index (κ3) is 5.71. The largest absolute Gasteiger partial charge is 0.385 e. The van der Waals surface area contributed by atoms with Gasteiger partial charge in [-0.2, -0.15) is 0 Å². The number of amides is 2. The van der Waals surface area contributed by atoms with E-state index >= 15 is 0 Å². The molecule has 0 saturated heterocycles. The van der Waals surface area contributed by atoms with E-state index in [0.29, 0.717) is 18.7 Å². The second kappa shape index (κ2) is 8.92. The lowest BCUT2D eigenvalue weighted by Crippen LogP contribution is -2.31. The Kier molecular flexibility index (Phi) is 7.13. The minimum atomic E-state index is -0.155. The van der Waals surface area contributed by atoms with Crippen molar-refractivity contribution in [3.63, 3.8) is 0 Å². The van der Waals surface area contributed by atoms with Gasteiger partial charge in [-0.15, -0.1) is 0 Å². The first kappa shape index (κ1) is 16.0. The summed E-state index contributed by atoms with van der Waals surface area (Å²) in [6.07, 6.45) is 0.786. The SMILES string of the molecule is CNC(=O)c1cccc(NCC(=O)NCCCOC)c1. The van der Waals surface area contributed by atoms with Crippen LogP contribution in [0.15, 0.2) is 24.3 Å². The van der Waals surface area contributed by atoms with Crippen LogP contribution in [-0.2, 0) is 9.53 Å². The first-order chi connectivity index (χ1) is 9.67. The Morgan fingerprint density at radius 2 is 2.10 bits per heavy atom. The van der Waals surface area contributed by atoms with Crippen LogP contribution in [0.4, 0.5) is 5.69 Å². The van der Waals surface area contributed by atoms with Crippen LogP contribution in [0.2, 0.25) is 0 Å². The fraction of sp³-hybridized carbons (Fsp3) is 0.429. The van der Waals surface area contributed by atoms with Gasteiger partial charge in [0.2, 0.25) is 5.91 Å². The second-order valence-electron chi connectivity index (χ2n) is 4.21. The van der Waals surface area contributed by atoms with Crippen LogP contribution in [0.3, 0.4) is 0 Å². The zero-order chi connectivity index (χ0) is 14.8. The average molecular weight is 279 g/mol. The summed E-state index contributed by atoms with van der Waals surface area (Å²) in [7, 11) is 3.21. The summed E-state index contributed by atoms with van der Waals surface area (Å²) >= 11 is 0. The summed E-state index contributed by atoms with van der Waals surface area (Å²) in [4.78, 5) is 23.0. The van der Waals surface area contributed by atoms with Crippen LogP contribution >= 0.6 is 0 Å². The average Bonchev–Trinajstić information content (AvgIpc) is 2.49. The van der Waals surface area contributed by atoms with E-state index in [1.165, 1.54) is 0 Å². The van der Waals surface area contributed by atoms with Gasteiger partial charge >= 0.3 is 0 Å².